The van der Waals surface area contributed by atoms with Crippen molar-refractivity contribution in [1.29, 1.82) is 0 Å². The summed E-state index contributed by atoms with van der Waals surface area (Å²) in [5.74, 6) is 0.654. The molecule has 1 amide bonds. The molecular formula is C15H20BrNO3. The van der Waals surface area contributed by atoms with Crippen molar-refractivity contribution in [3.05, 3.63) is 28.2 Å². The van der Waals surface area contributed by atoms with Gasteiger partial charge in [0.25, 0.3) is 5.91 Å². The molecule has 0 spiro atoms. The second-order valence-corrected chi connectivity index (χ2v) is 5.85. The van der Waals surface area contributed by atoms with E-state index in [0.29, 0.717) is 5.75 Å². The van der Waals surface area contributed by atoms with Gasteiger partial charge in [-0.05, 0) is 36.6 Å². The SMILES string of the molecule is O=C(COc1ccc(Br)c(CO)c1)N1CCCCCC1. The van der Waals surface area contributed by atoms with Crippen LogP contribution in [0, 0.1) is 0 Å². The highest BCUT2D eigenvalue weighted by Crippen LogP contribution is 2.22. The first-order valence-corrected chi connectivity index (χ1v) is 7.80. The van der Waals surface area contributed by atoms with Gasteiger partial charge in [-0.3, -0.25) is 4.79 Å². The van der Waals surface area contributed by atoms with Gasteiger partial charge in [-0.1, -0.05) is 28.8 Å². The molecule has 0 bridgehead atoms. The number of ether oxygens (including phenoxy) is 1. The summed E-state index contributed by atoms with van der Waals surface area (Å²) < 4.78 is 6.38. The summed E-state index contributed by atoms with van der Waals surface area (Å²) in [4.78, 5) is 14.0. The number of likely N-dealkylation sites (tertiary alicyclic amines) is 1. The zero-order valence-electron chi connectivity index (χ0n) is 11.5. The lowest BCUT2D eigenvalue weighted by Gasteiger charge is -2.20. The predicted molar refractivity (Wildman–Crippen MR) is 80.6 cm³/mol. The van der Waals surface area contributed by atoms with Crippen molar-refractivity contribution in [2.24, 2.45) is 0 Å². The molecule has 1 saturated heterocycles. The maximum Gasteiger partial charge on any atom is 0.260 e. The summed E-state index contributed by atoms with van der Waals surface area (Å²) in [7, 11) is 0. The molecule has 2 rings (SSSR count). The van der Waals surface area contributed by atoms with E-state index in [1.807, 2.05) is 11.0 Å². The van der Waals surface area contributed by atoms with E-state index in [-0.39, 0.29) is 19.1 Å². The quantitative estimate of drug-likeness (QED) is 0.915. The van der Waals surface area contributed by atoms with Crippen molar-refractivity contribution < 1.29 is 14.6 Å². The van der Waals surface area contributed by atoms with Crippen LogP contribution >= 0.6 is 15.9 Å². The normalized spacial score (nSPS) is 15.8. The van der Waals surface area contributed by atoms with Crippen molar-refractivity contribution in [1.82, 2.24) is 4.90 Å². The molecule has 5 heteroatoms. The van der Waals surface area contributed by atoms with Gasteiger partial charge in [0.15, 0.2) is 6.61 Å². The van der Waals surface area contributed by atoms with Crippen LogP contribution in [-0.4, -0.2) is 35.6 Å². The van der Waals surface area contributed by atoms with Crippen LogP contribution < -0.4 is 4.74 Å². The van der Waals surface area contributed by atoms with E-state index in [0.717, 1.165) is 36.0 Å². The standard InChI is InChI=1S/C15H20BrNO3/c16-14-6-5-13(9-12(14)10-18)20-11-15(19)17-7-3-1-2-4-8-17/h5-6,9,18H,1-4,7-8,10-11H2. The lowest BCUT2D eigenvalue weighted by atomic mass is 10.2. The van der Waals surface area contributed by atoms with Crippen LogP contribution in [0.25, 0.3) is 0 Å². The number of aliphatic hydroxyl groups is 1. The van der Waals surface area contributed by atoms with Crippen molar-refractivity contribution in [3.8, 4) is 5.75 Å². The van der Waals surface area contributed by atoms with Crippen LogP contribution in [0.2, 0.25) is 0 Å². The van der Waals surface area contributed by atoms with Crippen LogP contribution in [0.1, 0.15) is 31.2 Å². The Morgan fingerprint density at radius 3 is 2.60 bits per heavy atom. The van der Waals surface area contributed by atoms with Crippen molar-refractivity contribution >= 4 is 21.8 Å². The Morgan fingerprint density at radius 1 is 1.25 bits per heavy atom. The van der Waals surface area contributed by atoms with E-state index in [1.165, 1.54) is 12.8 Å². The van der Waals surface area contributed by atoms with Gasteiger partial charge in [0.05, 0.1) is 6.61 Å². The van der Waals surface area contributed by atoms with Gasteiger partial charge in [0, 0.05) is 17.6 Å². The Balaban J connectivity index is 1.89. The highest BCUT2D eigenvalue weighted by Gasteiger charge is 2.16. The molecule has 1 aromatic carbocycles. The third kappa shape index (κ3) is 4.21. The van der Waals surface area contributed by atoms with Crippen LogP contribution in [0.4, 0.5) is 0 Å². The molecule has 0 unspecified atom stereocenters. The second-order valence-electron chi connectivity index (χ2n) is 5.00. The summed E-state index contributed by atoms with van der Waals surface area (Å²) in [5, 5.41) is 9.19. The fourth-order valence-corrected chi connectivity index (χ4v) is 2.69. The third-order valence-corrected chi connectivity index (χ3v) is 4.28. The Morgan fingerprint density at radius 2 is 1.95 bits per heavy atom. The number of halogens is 1. The number of rotatable bonds is 4. The first kappa shape index (κ1) is 15.3. The largest absolute Gasteiger partial charge is 0.484 e. The molecule has 1 aliphatic rings. The number of benzene rings is 1. The Bertz CT molecular complexity index is 456. The van der Waals surface area contributed by atoms with Gasteiger partial charge in [0.1, 0.15) is 5.75 Å². The van der Waals surface area contributed by atoms with E-state index in [9.17, 15) is 9.90 Å². The van der Waals surface area contributed by atoms with Gasteiger partial charge in [-0.25, -0.2) is 0 Å². The number of amides is 1. The van der Waals surface area contributed by atoms with E-state index in [4.69, 9.17) is 4.74 Å². The highest BCUT2D eigenvalue weighted by molar-refractivity contribution is 9.10. The van der Waals surface area contributed by atoms with Crippen LogP contribution in [0.5, 0.6) is 5.75 Å². The number of hydrogen-bond donors (Lipinski definition) is 1. The second kappa shape index (κ2) is 7.64. The fourth-order valence-electron chi connectivity index (χ4n) is 2.32. The molecule has 4 nitrogen and oxygen atoms in total. The number of hydrogen-bond acceptors (Lipinski definition) is 3. The monoisotopic (exact) mass is 341 g/mol. The van der Waals surface area contributed by atoms with Crippen molar-refractivity contribution in [2.45, 2.75) is 32.3 Å². The number of carbonyl (C=O) groups excluding carboxylic acids is 1. The molecule has 0 aromatic heterocycles. The molecule has 0 radical (unpaired) electrons. The number of carbonyl (C=O) groups is 1. The first-order chi connectivity index (χ1) is 9.70. The molecule has 1 aromatic rings. The molecular weight excluding hydrogens is 322 g/mol. The van der Waals surface area contributed by atoms with Crippen molar-refractivity contribution in [2.75, 3.05) is 19.7 Å². The van der Waals surface area contributed by atoms with Gasteiger partial charge >= 0.3 is 0 Å². The minimum atomic E-state index is -0.0577. The molecule has 110 valence electrons. The van der Waals surface area contributed by atoms with E-state index < -0.39 is 0 Å². The zero-order valence-corrected chi connectivity index (χ0v) is 13.1. The maximum absolute atomic E-state index is 12.1. The molecule has 1 heterocycles. The Hall–Kier alpha value is -1.07. The van der Waals surface area contributed by atoms with E-state index in [1.54, 1.807) is 12.1 Å². The molecule has 1 fully saturated rings. The van der Waals surface area contributed by atoms with Crippen LogP contribution in [-0.2, 0) is 11.4 Å². The van der Waals surface area contributed by atoms with E-state index in [2.05, 4.69) is 15.9 Å². The average molecular weight is 342 g/mol. The molecule has 1 N–H and O–H groups in total. The van der Waals surface area contributed by atoms with Crippen LogP contribution in [0.15, 0.2) is 22.7 Å². The third-order valence-electron chi connectivity index (χ3n) is 3.51. The lowest BCUT2D eigenvalue weighted by Crippen LogP contribution is -2.35. The van der Waals surface area contributed by atoms with Crippen LogP contribution in [0.3, 0.4) is 0 Å². The molecule has 20 heavy (non-hydrogen) atoms. The zero-order chi connectivity index (χ0) is 14.4. The van der Waals surface area contributed by atoms with Crippen molar-refractivity contribution in [3.63, 3.8) is 0 Å². The number of aliphatic hydroxyl groups excluding tert-OH is 1. The summed E-state index contributed by atoms with van der Waals surface area (Å²) in [6, 6.07) is 5.36. The highest BCUT2D eigenvalue weighted by atomic mass is 79.9. The molecule has 0 atom stereocenters. The molecule has 0 aliphatic carbocycles. The minimum absolute atomic E-state index is 0.0420. The molecule has 0 saturated carbocycles. The summed E-state index contributed by atoms with van der Waals surface area (Å²) in [6.45, 7) is 1.68. The summed E-state index contributed by atoms with van der Waals surface area (Å²) >= 11 is 3.35. The molecule has 1 aliphatic heterocycles. The average Bonchev–Trinajstić information content (AvgIpc) is 2.75. The van der Waals surface area contributed by atoms with Gasteiger partial charge in [0.2, 0.25) is 0 Å². The maximum atomic E-state index is 12.1. The topological polar surface area (TPSA) is 49.8 Å². The Kier molecular flexibility index (Phi) is 5.86. The van der Waals surface area contributed by atoms with Gasteiger partial charge in [-0.2, -0.15) is 0 Å². The minimum Gasteiger partial charge on any atom is -0.484 e. The predicted octanol–water partition coefficient (Wildman–Crippen LogP) is 2.72. The van der Waals surface area contributed by atoms with Gasteiger partial charge < -0.3 is 14.7 Å². The Labute approximate surface area is 127 Å². The lowest BCUT2D eigenvalue weighted by molar-refractivity contribution is -0.133. The smallest absolute Gasteiger partial charge is 0.260 e. The summed E-state index contributed by atoms with van der Waals surface area (Å²) in [5.41, 5.74) is 0.754. The number of nitrogens with zero attached hydrogens (tertiary/aromatic N) is 1. The van der Waals surface area contributed by atoms with E-state index >= 15 is 0 Å². The summed E-state index contributed by atoms with van der Waals surface area (Å²) in [6.07, 6.45) is 4.58. The first-order valence-electron chi connectivity index (χ1n) is 7.00. The van der Waals surface area contributed by atoms with Gasteiger partial charge in [-0.15, -0.1) is 0 Å². The fraction of sp³-hybridized carbons (Fsp3) is 0.533.